The smallest absolute Gasteiger partial charge is 0.288 e. The molecule has 0 bridgehead atoms. The summed E-state index contributed by atoms with van der Waals surface area (Å²) in [6.45, 7) is 0.474. The molecule has 0 saturated carbocycles. The number of methoxy groups -OCH3 is 1. The molecule has 3 rings (SSSR count). The molecule has 28 heavy (non-hydrogen) atoms. The Balaban J connectivity index is 1.76. The van der Waals surface area contributed by atoms with E-state index in [1.807, 2.05) is 36.4 Å². The van der Waals surface area contributed by atoms with Gasteiger partial charge in [0.25, 0.3) is 5.69 Å². The summed E-state index contributed by atoms with van der Waals surface area (Å²) in [5.74, 6) is 0.794. The number of nitrogens with one attached hydrogen (secondary N) is 1. The number of nitro groups is 1. The SMILES string of the molecule is COc1ccc(-c2ccc(CNc3ccc([N+](=O)[O-])c(S(C)(=O)=O)c3)s2)cc1. The van der Waals surface area contributed by atoms with Crippen molar-refractivity contribution in [3.8, 4) is 16.2 Å². The van der Waals surface area contributed by atoms with Gasteiger partial charge in [0.05, 0.1) is 12.0 Å². The molecule has 0 aliphatic carbocycles. The highest BCUT2D eigenvalue weighted by molar-refractivity contribution is 7.90. The van der Waals surface area contributed by atoms with Gasteiger partial charge in [-0.15, -0.1) is 11.3 Å². The molecule has 0 spiro atoms. The Morgan fingerprint density at radius 3 is 2.43 bits per heavy atom. The molecular formula is C19H18N2O5S2. The van der Waals surface area contributed by atoms with Gasteiger partial charge >= 0.3 is 0 Å². The fourth-order valence-electron chi connectivity index (χ4n) is 2.64. The minimum atomic E-state index is -3.71. The van der Waals surface area contributed by atoms with E-state index in [0.717, 1.165) is 27.3 Å². The molecule has 3 aromatic rings. The minimum Gasteiger partial charge on any atom is -0.497 e. The highest BCUT2D eigenvalue weighted by atomic mass is 32.2. The third kappa shape index (κ3) is 4.49. The highest BCUT2D eigenvalue weighted by Crippen LogP contribution is 2.31. The summed E-state index contributed by atoms with van der Waals surface area (Å²) >= 11 is 1.61. The van der Waals surface area contributed by atoms with Crippen molar-refractivity contribution in [2.75, 3.05) is 18.7 Å². The number of rotatable bonds is 7. The molecule has 2 aromatic carbocycles. The van der Waals surface area contributed by atoms with E-state index in [4.69, 9.17) is 4.74 Å². The molecule has 1 N–H and O–H groups in total. The van der Waals surface area contributed by atoms with Gasteiger partial charge in [-0.1, -0.05) is 0 Å². The van der Waals surface area contributed by atoms with Crippen molar-refractivity contribution in [2.24, 2.45) is 0 Å². The van der Waals surface area contributed by atoms with Crippen LogP contribution in [0.1, 0.15) is 4.88 Å². The van der Waals surface area contributed by atoms with Gasteiger partial charge in [-0.2, -0.15) is 0 Å². The van der Waals surface area contributed by atoms with Crippen LogP contribution < -0.4 is 10.1 Å². The second kappa shape index (κ2) is 7.99. The van der Waals surface area contributed by atoms with Crippen LogP contribution in [0.5, 0.6) is 5.75 Å². The van der Waals surface area contributed by atoms with E-state index in [0.29, 0.717) is 12.2 Å². The summed E-state index contributed by atoms with van der Waals surface area (Å²) in [5, 5.41) is 14.2. The van der Waals surface area contributed by atoms with Gasteiger partial charge in [-0.3, -0.25) is 10.1 Å². The molecule has 0 saturated heterocycles. The van der Waals surface area contributed by atoms with Gasteiger partial charge in [0.2, 0.25) is 0 Å². The largest absolute Gasteiger partial charge is 0.497 e. The Hall–Kier alpha value is -2.91. The van der Waals surface area contributed by atoms with E-state index in [1.54, 1.807) is 18.4 Å². The molecule has 0 fully saturated rings. The van der Waals surface area contributed by atoms with Crippen molar-refractivity contribution in [3.63, 3.8) is 0 Å². The van der Waals surface area contributed by atoms with Crippen LogP contribution in [0, 0.1) is 10.1 Å². The number of hydrogen-bond donors (Lipinski definition) is 1. The first-order valence-corrected chi connectivity index (χ1v) is 10.9. The van der Waals surface area contributed by atoms with Crippen LogP contribution in [-0.2, 0) is 16.4 Å². The third-order valence-electron chi connectivity index (χ3n) is 4.06. The van der Waals surface area contributed by atoms with Crippen LogP contribution in [0.3, 0.4) is 0 Å². The summed E-state index contributed by atoms with van der Waals surface area (Å²) in [5.41, 5.74) is 1.16. The molecule has 0 aliphatic heterocycles. The standard InChI is InChI=1S/C19H18N2O5S2/c1-26-15-6-3-13(4-7-15)18-10-8-16(27-18)12-20-14-5-9-17(21(22)23)19(11-14)28(2,24)25/h3-11,20H,12H2,1-2H3. The molecule has 1 heterocycles. The second-order valence-electron chi connectivity index (χ2n) is 6.06. The van der Waals surface area contributed by atoms with Crippen molar-refractivity contribution >= 4 is 32.5 Å². The van der Waals surface area contributed by atoms with Crippen LogP contribution in [0.15, 0.2) is 59.5 Å². The molecule has 146 valence electrons. The van der Waals surface area contributed by atoms with Crippen molar-refractivity contribution in [1.29, 1.82) is 0 Å². The number of benzene rings is 2. The zero-order chi connectivity index (χ0) is 20.3. The van der Waals surface area contributed by atoms with E-state index < -0.39 is 20.4 Å². The zero-order valence-corrected chi connectivity index (χ0v) is 16.8. The lowest BCUT2D eigenvalue weighted by Crippen LogP contribution is -2.05. The molecular weight excluding hydrogens is 400 g/mol. The molecule has 0 unspecified atom stereocenters. The number of ether oxygens (including phenoxy) is 1. The monoisotopic (exact) mass is 418 g/mol. The lowest BCUT2D eigenvalue weighted by atomic mass is 10.2. The van der Waals surface area contributed by atoms with Crippen LogP contribution in [0.4, 0.5) is 11.4 Å². The number of nitro benzene ring substituents is 1. The Bertz CT molecular complexity index is 1110. The molecule has 0 atom stereocenters. The fourth-order valence-corrected chi connectivity index (χ4v) is 4.46. The average Bonchev–Trinajstić information content (AvgIpc) is 3.14. The molecule has 7 nitrogen and oxygen atoms in total. The number of anilines is 1. The maximum Gasteiger partial charge on any atom is 0.288 e. The third-order valence-corrected chi connectivity index (χ3v) is 6.32. The second-order valence-corrected chi connectivity index (χ2v) is 9.21. The topological polar surface area (TPSA) is 98.5 Å². The Labute approximate surface area is 166 Å². The van der Waals surface area contributed by atoms with Gasteiger partial charge in [0, 0.05) is 34.3 Å². The number of hydrogen-bond acceptors (Lipinski definition) is 7. The first-order valence-electron chi connectivity index (χ1n) is 8.23. The molecule has 9 heteroatoms. The van der Waals surface area contributed by atoms with Crippen molar-refractivity contribution < 1.29 is 18.1 Å². The van der Waals surface area contributed by atoms with E-state index in [2.05, 4.69) is 5.32 Å². The van der Waals surface area contributed by atoms with E-state index >= 15 is 0 Å². The highest BCUT2D eigenvalue weighted by Gasteiger charge is 2.22. The summed E-state index contributed by atoms with van der Waals surface area (Å²) in [4.78, 5) is 12.2. The Morgan fingerprint density at radius 1 is 1.11 bits per heavy atom. The normalized spacial score (nSPS) is 11.2. The first-order chi connectivity index (χ1) is 13.3. The summed E-state index contributed by atoms with van der Waals surface area (Å²) < 4.78 is 28.9. The van der Waals surface area contributed by atoms with Crippen molar-refractivity contribution in [3.05, 3.63) is 69.6 Å². The molecule has 0 aliphatic rings. The number of thiophene rings is 1. The van der Waals surface area contributed by atoms with E-state index in [1.165, 1.54) is 18.2 Å². The summed E-state index contributed by atoms with van der Waals surface area (Å²) in [7, 11) is -2.09. The maximum absolute atomic E-state index is 11.9. The predicted octanol–water partition coefficient (Wildman–Crippen LogP) is 4.35. The zero-order valence-electron chi connectivity index (χ0n) is 15.2. The number of sulfone groups is 1. The predicted molar refractivity (Wildman–Crippen MR) is 110 cm³/mol. The fraction of sp³-hybridized carbons (Fsp3) is 0.158. The lowest BCUT2D eigenvalue weighted by molar-refractivity contribution is -0.387. The minimum absolute atomic E-state index is 0.299. The Morgan fingerprint density at radius 2 is 1.82 bits per heavy atom. The first kappa shape index (κ1) is 19.8. The van der Waals surface area contributed by atoms with Gasteiger partial charge in [0.15, 0.2) is 9.84 Å². The summed E-state index contributed by atoms with van der Waals surface area (Å²) in [6.07, 6.45) is 0.958. The van der Waals surface area contributed by atoms with Gasteiger partial charge < -0.3 is 10.1 Å². The van der Waals surface area contributed by atoms with Crippen LogP contribution in [-0.4, -0.2) is 26.7 Å². The molecule has 0 radical (unpaired) electrons. The summed E-state index contributed by atoms with van der Waals surface area (Å²) in [6, 6.07) is 15.8. The van der Waals surface area contributed by atoms with E-state index in [9.17, 15) is 18.5 Å². The van der Waals surface area contributed by atoms with E-state index in [-0.39, 0.29) is 4.90 Å². The van der Waals surface area contributed by atoms with Gasteiger partial charge in [0.1, 0.15) is 10.6 Å². The van der Waals surface area contributed by atoms with Crippen LogP contribution in [0.2, 0.25) is 0 Å². The molecule has 1 aromatic heterocycles. The molecule has 0 amide bonds. The van der Waals surface area contributed by atoms with Gasteiger partial charge in [-0.05, 0) is 54.1 Å². The van der Waals surface area contributed by atoms with Crippen molar-refractivity contribution in [1.82, 2.24) is 0 Å². The lowest BCUT2D eigenvalue weighted by Gasteiger charge is -2.07. The van der Waals surface area contributed by atoms with Crippen LogP contribution in [0.25, 0.3) is 10.4 Å². The van der Waals surface area contributed by atoms with Crippen LogP contribution >= 0.6 is 11.3 Å². The Kier molecular flexibility index (Phi) is 5.66. The van der Waals surface area contributed by atoms with Gasteiger partial charge in [-0.25, -0.2) is 8.42 Å². The maximum atomic E-state index is 11.9. The average molecular weight is 418 g/mol. The van der Waals surface area contributed by atoms with Crippen molar-refractivity contribution in [2.45, 2.75) is 11.4 Å². The number of nitrogens with zero attached hydrogens (tertiary/aromatic N) is 1. The quantitative estimate of drug-likeness (QED) is 0.452.